The Kier molecular flexibility index (Phi) is 6.08. The van der Waals surface area contributed by atoms with Crippen molar-refractivity contribution >= 4 is 5.97 Å². The van der Waals surface area contributed by atoms with Crippen molar-refractivity contribution in [2.24, 2.45) is 0 Å². The molecule has 2 atom stereocenters. The molecule has 0 radical (unpaired) electrons. The van der Waals surface area contributed by atoms with Crippen LogP contribution in [0.25, 0.3) is 0 Å². The van der Waals surface area contributed by atoms with Crippen LogP contribution in [0.1, 0.15) is 27.2 Å². The molecule has 0 amide bonds. The molecule has 1 aromatic rings. The van der Waals surface area contributed by atoms with E-state index in [0.717, 1.165) is 12.1 Å². The number of likely N-dealkylation sites (N-methyl/N-ethyl adjacent to an activating group) is 1. The van der Waals surface area contributed by atoms with Gasteiger partial charge in [-0.05, 0) is 32.5 Å². The SMILES string of the molecule is CCNC(C)(CC(C)Oc1ccc(F)c(F)c1)C(=O)OC. The van der Waals surface area contributed by atoms with Gasteiger partial charge in [0.1, 0.15) is 11.3 Å². The fourth-order valence-electron chi connectivity index (χ4n) is 2.24. The number of benzene rings is 1. The third-order valence-corrected chi connectivity index (χ3v) is 3.13. The van der Waals surface area contributed by atoms with Crippen molar-refractivity contribution < 1.29 is 23.0 Å². The summed E-state index contributed by atoms with van der Waals surface area (Å²) in [6, 6.07) is 3.33. The van der Waals surface area contributed by atoms with Crippen molar-refractivity contribution in [3.8, 4) is 5.75 Å². The van der Waals surface area contributed by atoms with Gasteiger partial charge in [0.25, 0.3) is 0 Å². The Labute approximate surface area is 123 Å². The number of hydrogen-bond acceptors (Lipinski definition) is 4. The first-order chi connectivity index (χ1) is 9.82. The molecule has 2 unspecified atom stereocenters. The lowest BCUT2D eigenvalue weighted by Crippen LogP contribution is -2.52. The number of rotatable bonds is 7. The smallest absolute Gasteiger partial charge is 0.325 e. The van der Waals surface area contributed by atoms with Gasteiger partial charge in [-0.3, -0.25) is 4.79 Å². The Bertz CT molecular complexity index is 496. The van der Waals surface area contributed by atoms with E-state index in [1.807, 2.05) is 6.92 Å². The summed E-state index contributed by atoms with van der Waals surface area (Å²) >= 11 is 0. The summed E-state index contributed by atoms with van der Waals surface area (Å²) in [4.78, 5) is 11.9. The Hall–Kier alpha value is -1.69. The second kappa shape index (κ2) is 7.36. The maximum absolute atomic E-state index is 13.1. The maximum Gasteiger partial charge on any atom is 0.325 e. The average molecular weight is 301 g/mol. The van der Waals surface area contributed by atoms with Gasteiger partial charge < -0.3 is 14.8 Å². The number of carbonyl (C=O) groups excluding carboxylic acids is 1. The van der Waals surface area contributed by atoms with Gasteiger partial charge in [-0.25, -0.2) is 8.78 Å². The van der Waals surface area contributed by atoms with Crippen molar-refractivity contribution in [2.45, 2.75) is 38.8 Å². The van der Waals surface area contributed by atoms with Crippen molar-refractivity contribution in [2.75, 3.05) is 13.7 Å². The van der Waals surface area contributed by atoms with Gasteiger partial charge in [-0.15, -0.1) is 0 Å². The number of esters is 1. The maximum atomic E-state index is 13.1. The first-order valence-electron chi connectivity index (χ1n) is 6.77. The molecule has 6 heteroatoms. The van der Waals surface area contributed by atoms with Crippen LogP contribution in [0, 0.1) is 11.6 Å². The predicted octanol–water partition coefficient (Wildman–Crippen LogP) is 2.66. The van der Waals surface area contributed by atoms with Crippen LogP contribution in [-0.2, 0) is 9.53 Å². The first-order valence-corrected chi connectivity index (χ1v) is 6.77. The topological polar surface area (TPSA) is 47.6 Å². The van der Waals surface area contributed by atoms with E-state index in [4.69, 9.17) is 9.47 Å². The number of ether oxygens (including phenoxy) is 2. The van der Waals surface area contributed by atoms with E-state index in [-0.39, 0.29) is 5.75 Å². The number of carbonyl (C=O) groups is 1. The molecule has 0 aliphatic rings. The van der Waals surface area contributed by atoms with E-state index in [0.29, 0.717) is 13.0 Å². The molecular weight excluding hydrogens is 280 g/mol. The molecule has 0 bridgehead atoms. The van der Waals surface area contributed by atoms with Crippen LogP contribution in [0.5, 0.6) is 5.75 Å². The Morgan fingerprint density at radius 2 is 2.05 bits per heavy atom. The molecule has 21 heavy (non-hydrogen) atoms. The normalized spacial score (nSPS) is 15.1. The molecule has 0 aliphatic carbocycles. The minimum Gasteiger partial charge on any atom is -0.491 e. The van der Waals surface area contributed by atoms with Crippen LogP contribution >= 0.6 is 0 Å². The van der Waals surface area contributed by atoms with E-state index < -0.39 is 29.2 Å². The minimum absolute atomic E-state index is 0.213. The van der Waals surface area contributed by atoms with Gasteiger partial charge in [0.2, 0.25) is 0 Å². The van der Waals surface area contributed by atoms with Crippen LogP contribution in [0.2, 0.25) is 0 Å². The fraction of sp³-hybridized carbons (Fsp3) is 0.533. The van der Waals surface area contributed by atoms with Gasteiger partial charge in [-0.1, -0.05) is 6.92 Å². The zero-order chi connectivity index (χ0) is 16.0. The predicted molar refractivity (Wildman–Crippen MR) is 75.2 cm³/mol. The molecule has 4 nitrogen and oxygen atoms in total. The molecule has 1 aromatic carbocycles. The monoisotopic (exact) mass is 301 g/mol. The van der Waals surface area contributed by atoms with Crippen LogP contribution in [0.3, 0.4) is 0 Å². The lowest BCUT2D eigenvalue weighted by molar-refractivity contribution is -0.149. The molecule has 1 rings (SSSR count). The summed E-state index contributed by atoms with van der Waals surface area (Å²) in [7, 11) is 1.32. The number of halogens is 2. The first kappa shape index (κ1) is 17.4. The summed E-state index contributed by atoms with van der Waals surface area (Å²) < 4.78 is 36.3. The van der Waals surface area contributed by atoms with Gasteiger partial charge >= 0.3 is 5.97 Å². The van der Waals surface area contributed by atoms with Crippen molar-refractivity contribution in [1.82, 2.24) is 5.32 Å². The lowest BCUT2D eigenvalue weighted by atomic mass is 9.94. The zero-order valence-electron chi connectivity index (χ0n) is 12.7. The van der Waals surface area contributed by atoms with Crippen LogP contribution in [0.15, 0.2) is 18.2 Å². The Balaban J connectivity index is 2.75. The lowest BCUT2D eigenvalue weighted by Gasteiger charge is -2.30. The minimum atomic E-state index is -0.970. The van der Waals surface area contributed by atoms with Gasteiger partial charge in [-0.2, -0.15) is 0 Å². The van der Waals surface area contributed by atoms with Crippen LogP contribution in [-0.4, -0.2) is 31.3 Å². The average Bonchev–Trinajstić information content (AvgIpc) is 2.42. The molecule has 0 aliphatic heterocycles. The zero-order valence-corrected chi connectivity index (χ0v) is 12.7. The van der Waals surface area contributed by atoms with Gasteiger partial charge in [0.05, 0.1) is 13.2 Å². The molecule has 1 N–H and O–H groups in total. The fourth-order valence-corrected chi connectivity index (χ4v) is 2.24. The largest absolute Gasteiger partial charge is 0.491 e. The quantitative estimate of drug-likeness (QED) is 0.787. The summed E-state index contributed by atoms with van der Waals surface area (Å²) in [5.74, 6) is -2.08. The third-order valence-electron chi connectivity index (χ3n) is 3.13. The molecular formula is C15H21F2NO3. The third kappa shape index (κ3) is 4.67. The number of nitrogens with one attached hydrogen (secondary N) is 1. The summed E-state index contributed by atoms with van der Waals surface area (Å²) in [6.45, 7) is 5.93. The summed E-state index contributed by atoms with van der Waals surface area (Å²) in [6.07, 6.45) is -0.0648. The van der Waals surface area contributed by atoms with E-state index in [9.17, 15) is 13.6 Å². The van der Waals surface area contributed by atoms with E-state index >= 15 is 0 Å². The van der Waals surface area contributed by atoms with E-state index in [2.05, 4.69) is 5.32 Å². The molecule has 118 valence electrons. The van der Waals surface area contributed by atoms with Crippen molar-refractivity contribution in [3.63, 3.8) is 0 Å². The van der Waals surface area contributed by atoms with Gasteiger partial charge in [0, 0.05) is 12.5 Å². The highest BCUT2D eigenvalue weighted by Gasteiger charge is 2.35. The second-order valence-corrected chi connectivity index (χ2v) is 5.06. The van der Waals surface area contributed by atoms with E-state index in [1.54, 1.807) is 13.8 Å². The highest BCUT2D eigenvalue weighted by molar-refractivity contribution is 5.80. The Morgan fingerprint density at radius 3 is 2.57 bits per heavy atom. The second-order valence-electron chi connectivity index (χ2n) is 5.06. The molecule has 0 heterocycles. The molecule has 0 fully saturated rings. The molecule has 0 saturated carbocycles. The standard InChI is InChI=1S/C15H21F2NO3/c1-5-18-15(3,14(19)20-4)9-10(2)21-11-6-7-12(16)13(17)8-11/h6-8,10,18H,5,9H2,1-4H3. The summed E-state index contributed by atoms with van der Waals surface area (Å²) in [5.41, 5.74) is -0.901. The van der Waals surface area contributed by atoms with Gasteiger partial charge in [0.15, 0.2) is 11.6 Å². The van der Waals surface area contributed by atoms with Crippen molar-refractivity contribution in [1.29, 1.82) is 0 Å². The number of hydrogen-bond donors (Lipinski definition) is 1. The Morgan fingerprint density at radius 1 is 1.38 bits per heavy atom. The summed E-state index contributed by atoms with van der Waals surface area (Å²) in [5, 5.41) is 3.06. The van der Waals surface area contributed by atoms with Crippen LogP contribution < -0.4 is 10.1 Å². The van der Waals surface area contributed by atoms with E-state index in [1.165, 1.54) is 13.2 Å². The molecule has 0 saturated heterocycles. The highest BCUT2D eigenvalue weighted by Crippen LogP contribution is 2.21. The highest BCUT2D eigenvalue weighted by atomic mass is 19.2. The van der Waals surface area contributed by atoms with Crippen molar-refractivity contribution in [3.05, 3.63) is 29.8 Å². The molecule has 0 aromatic heterocycles. The molecule has 0 spiro atoms. The van der Waals surface area contributed by atoms with Crippen LogP contribution in [0.4, 0.5) is 8.78 Å². The number of methoxy groups -OCH3 is 1.